The molecule has 0 saturated heterocycles. The van der Waals surface area contributed by atoms with E-state index in [9.17, 15) is 0 Å². The first-order valence-electron chi connectivity index (χ1n) is 6.53. The average molecular weight is 285 g/mol. The maximum Gasteiger partial charge on any atom is 0.147 e. The van der Waals surface area contributed by atoms with Gasteiger partial charge in [0.25, 0.3) is 0 Å². The van der Waals surface area contributed by atoms with E-state index in [2.05, 4.69) is 32.4 Å². The zero-order valence-electron chi connectivity index (χ0n) is 11.4. The average Bonchev–Trinajstić information content (AvgIpc) is 2.98. The number of hydrogen-bond acceptors (Lipinski definition) is 6. The molecule has 1 unspecified atom stereocenters. The maximum absolute atomic E-state index is 4.32. The lowest BCUT2D eigenvalue weighted by Gasteiger charge is -2.08. The Hall–Kier alpha value is -1.92. The summed E-state index contributed by atoms with van der Waals surface area (Å²) in [5.41, 5.74) is 2.80. The Balaban J connectivity index is 1.98. The van der Waals surface area contributed by atoms with Crippen LogP contribution in [0.15, 0.2) is 30.6 Å². The molecule has 3 aromatic rings. The molecule has 102 valence electrons. The predicted octanol–water partition coefficient (Wildman–Crippen LogP) is 2.82. The monoisotopic (exact) mass is 285 g/mol. The Kier molecular flexibility index (Phi) is 3.66. The minimum Gasteiger partial charge on any atom is -0.311 e. The molecule has 3 rings (SSSR count). The van der Waals surface area contributed by atoms with Crippen LogP contribution in [0.5, 0.6) is 0 Å². The second-order valence-electron chi connectivity index (χ2n) is 4.45. The van der Waals surface area contributed by atoms with E-state index in [1.165, 1.54) is 0 Å². The third-order valence-corrected chi connectivity index (χ3v) is 4.30. The molecule has 1 atom stereocenters. The van der Waals surface area contributed by atoms with E-state index in [0.29, 0.717) is 0 Å². The molecule has 0 aliphatic rings. The first-order chi connectivity index (χ1) is 9.81. The maximum atomic E-state index is 4.32. The molecule has 0 spiro atoms. The van der Waals surface area contributed by atoms with Gasteiger partial charge in [0, 0.05) is 18.0 Å². The van der Waals surface area contributed by atoms with Gasteiger partial charge >= 0.3 is 0 Å². The third-order valence-electron chi connectivity index (χ3n) is 3.21. The van der Waals surface area contributed by atoms with Crippen molar-refractivity contribution in [1.29, 1.82) is 0 Å². The van der Waals surface area contributed by atoms with Crippen molar-refractivity contribution in [2.75, 3.05) is 7.05 Å². The third kappa shape index (κ3) is 2.39. The van der Waals surface area contributed by atoms with Crippen LogP contribution in [0, 0.1) is 0 Å². The largest absolute Gasteiger partial charge is 0.311 e. The number of nitrogens with zero attached hydrogens (tertiary/aromatic N) is 4. The van der Waals surface area contributed by atoms with Gasteiger partial charge in [-0.2, -0.15) is 0 Å². The molecule has 20 heavy (non-hydrogen) atoms. The lowest BCUT2D eigenvalue weighted by atomic mass is 10.2. The van der Waals surface area contributed by atoms with Crippen molar-refractivity contribution in [3.05, 3.63) is 35.6 Å². The highest BCUT2D eigenvalue weighted by Gasteiger charge is 2.14. The highest BCUT2D eigenvalue weighted by Crippen LogP contribution is 2.29. The van der Waals surface area contributed by atoms with E-state index in [-0.39, 0.29) is 6.04 Å². The van der Waals surface area contributed by atoms with Gasteiger partial charge in [-0.05, 0) is 31.7 Å². The SMILES string of the molecule is CCC(NC)c1nnc(-c2ccc3nccnc3c2)s1. The van der Waals surface area contributed by atoms with Crippen LogP contribution in [0.3, 0.4) is 0 Å². The zero-order valence-corrected chi connectivity index (χ0v) is 12.2. The van der Waals surface area contributed by atoms with Crippen LogP contribution >= 0.6 is 11.3 Å². The van der Waals surface area contributed by atoms with Gasteiger partial charge in [-0.3, -0.25) is 9.97 Å². The summed E-state index contributed by atoms with van der Waals surface area (Å²) < 4.78 is 0. The van der Waals surface area contributed by atoms with Gasteiger partial charge < -0.3 is 5.32 Å². The summed E-state index contributed by atoms with van der Waals surface area (Å²) in [6, 6.07) is 6.25. The minimum atomic E-state index is 0.265. The van der Waals surface area contributed by atoms with Crippen LogP contribution in [0.2, 0.25) is 0 Å². The molecule has 1 N–H and O–H groups in total. The minimum absolute atomic E-state index is 0.265. The van der Waals surface area contributed by atoms with Gasteiger partial charge in [-0.25, -0.2) is 0 Å². The molecule has 0 amide bonds. The first-order valence-corrected chi connectivity index (χ1v) is 7.35. The molecule has 0 saturated carbocycles. The van der Waals surface area contributed by atoms with Gasteiger partial charge in [0.2, 0.25) is 0 Å². The van der Waals surface area contributed by atoms with Crippen LogP contribution in [0.1, 0.15) is 24.4 Å². The predicted molar refractivity (Wildman–Crippen MR) is 80.5 cm³/mol. The number of hydrogen-bond donors (Lipinski definition) is 1. The van der Waals surface area contributed by atoms with Crippen molar-refractivity contribution in [3.63, 3.8) is 0 Å². The number of aromatic nitrogens is 4. The van der Waals surface area contributed by atoms with Gasteiger partial charge in [0.15, 0.2) is 0 Å². The van der Waals surface area contributed by atoms with Crippen molar-refractivity contribution < 1.29 is 0 Å². The summed E-state index contributed by atoms with van der Waals surface area (Å²) in [4.78, 5) is 8.59. The fraction of sp³-hybridized carbons (Fsp3) is 0.286. The van der Waals surface area contributed by atoms with Crippen molar-refractivity contribution >= 4 is 22.4 Å². The molecular weight excluding hydrogens is 270 g/mol. The van der Waals surface area contributed by atoms with E-state index in [4.69, 9.17) is 0 Å². The Labute approximate surface area is 121 Å². The van der Waals surface area contributed by atoms with Crippen molar-refractivity contribution in [3.8, 4) is 10.6 Å². The van der Waals surface area contributed by atoms with Crippen LogP contribution in [0.4, 0.5) is 0 Å². The molecule has 1 aromatic carbocycles. The summed E-state index contributed by atoms with van der Waals surface area (Å²) in [6.45, 7) is 2.13. The summed E-state index contributed by atoms with van der Waals surface area (Å²) >= 11 is 1.62. The van der Waals surface area contributed by atoms with Crippen LogP contribution < -0.4 is 5.32 Å². The molecular formula is C14H15N5S. The lowest BCUT2D eigenvalue weighted by molar-refractivity contribution is 0.568. The highest BCUT2D eigenvalue weighted by atomic mass is 32.1. The van der Waals surface area contributed by atoms with Crippen LogP contribution in [-0.2, 0) is 0 Å². The normalized spacial score (nSPS) is 12.7. The molecule has 6 heteroatoms. The summed E-state index contributed by atoms with van der Waals surface area (Å²) in [6.07, 6.45) is 4.39. The number of fused-ring (bicyclic) bond motifs is 1. The zero-order chi connectivity index (χ0) is 13.9. The molecule has 5 nitrogen and oxygen atoms in total. The fourth-order valence-electron chi connectivity index (χ4n) is 2.09. The van der Waals surface area contributed by atoms with E-state index >= 15 is 0 Å². The Morgan fingerprint density at radius 2 is 1.95 bits per heavy atom. The van der Waals surface area contributed by atoms with Crippen LogP contribution in [0.25, 0.3) is 21.6 Å². The van der Waals surface area contributed by atoms with Gasteiger partial charge in [-0.15, -0.1) is 10.2 Å². The van der Waals surface area contributed by atoms with E-state index in [1.54, 1.807) is 23.7 Å². The van der Waals surface area contributed by atoms with Crippen molar-refractivity contribution in [2.45, 2.75) is 19.4 Å². The second-order valence-corrected chi connectivity index (χ2v) is 5.46. The molecule has 2 heterocycles. The van der Waals surface area contributed by atoms with Gasteiger partial charge in [0.05, 0.1) is 17.1 Å². The number of nitrogens with one attached hydrogen (secondary N) is 1. The van der Waals surface area contributed by atoms with Gasteiger partial charge in [0.1, 0.15) is 10.0 Å². The van der Waals surface area contributed by atoms with Gasteiger partial charge in [-0.1, -0.05) is 18.3 Å². The van der Waals surface area contributed by atoms with E-state index in [0.717, 1.165) is 33.0 Å². The Morgan fingerprint density at radius 1 is 1.15 bits per heavy atom. The van der Waals surface area contributed by atoms with E-state index < -0.39 is 0 Å². The molecule has 0 radical (unpaired) electrons. The molecule has 2 aromatic heterocycles. The lowest BCUT2D eigenvalue weighted by Crippen LogP contribution is -2.14. The highest BCUT2D eigenvalue weighted by molar-refractivity contribution is 7.14. The molecule has 0 aliphatic heterocycles. The fourth-order valence-corrected chi connectivity index (χ4v) is 3.12. The topological polar surface area (TPSA) is 63.6 Å². The summed E-state index contributed by atoms with van der Waals surface area (Å²) in [7, 11) is 1.95. The van der Waals surface area contributed by atoms with Crippen molar-refractivity contribution in [2.24, 2.45) is 0 Å². The second kappa shape index (κ2) is 5.60. The Morgan fingerprint density at radius 3 is 2.70 bits per heavy atom. The number of rotatable bonds is 4. The Bertz CT molecular complexity index is 720. The molecule has 0 aliphatic carbocycles. The number of benzene rings is 1. The van der Waals surface area contributed by atoms with Crippen LogP contribution in [-0.4, -0.2) is 27.2 Å². The van der Waals surface area contributed by atoms with Crippen molar-refractivity contribution in [1.82, 2.24) is 25.5 Å². The quantitative estimate of drug-likeness (QED) is 0.798. The molecule has 0 bridgehead atoms. The van der Waals surface area contributed by atoms with E-state index in [1.807, 2.05) is 25.2 Å². The standard InChI is InChI=1S/C14H15N5S/c1-3-10(15-2)14-19-18-13(20-14)9-4-5-11-12(8-9)17-7-6-16-11/h4-8,10,15H,3H2,1-2H3. The smallest absolute Gasteiger partial charge is 0.147 e. The summed E-state index contributed by atoms with van der Waals surface area (Å²) in [5, 5.41) is 13.8. The first kappa shape index (κ1) is 13.1. The summed E-state index contributed by atoms with van der Waals surface area (Å²) in [5.74, 6) is 0. The molecule has 0 fully saturated rings.